The Labute approximate surface area is 123 Å². The lowest BCUT2D eigenvalue weighted by Crippen LogP contribution is -2.44. The summed E-state index contributed by atoms with van der Waals surface area (Å²) in [6.45, 7) is 4.66. The molecule has 0 bridgehead atoms. The standard InChI is InChI=1S/C13H20N6O2/c1-8-10(13(20-4)19(3)16-8)12-15-11(17-21-12)9-7-14-5-6-18(9)2/h9,14H,5-7H2,1-4H3. The zero-order valence-corrected chi connectivity index (χ0v) is 12.8. The lowest BCUT2D eigenvalue weighted by Gasteiger charge is -2.30. The molecular weight excluding hydrogens is 272 g/mol. The van der Waals surface area contributed by atoms with E-state index in [4.69, 9.17) is 9.26 Å². The highest BCUT2D eigenvalue weighted by Gasteiger charge is 2.28. The van der Waals surface area contributed by atoms with E-state index in [1.807, 2.05) is 14.0 Å². The van der Waals surface area contributed by atoms with Crippen LogP contribution >= 0.6 is 0 Å². The second kappa shape index (κ2) is 5.45. The van der Waals surface area contributed by atoms with Crippen LogP contribution in [0.25, 0.3) is 11.5 Å². The molecule has 114 valence electrons. The molecule has 0 saturated carbocycles. The number of rotatable bonds is 3. The van der Waals surface area contributed by atoms with E-state index in [1.54, 1.807) is 11.8 Å². The molecule has 0 amide bonds. The zero-order valence-electron chi connectivity index (χ0n) is 12.8. The van der Waals surface area contributed by atoms with Crippen LogP contribution in [0.2, 0.25) is 0 Å². The van der Waals surface area contributed by atoms with Crippen LogP contribution in [0.4, 0.5) is 0 Å². The van der Waals surface area contributed by atoms with Crippen molar-refractivity contribution in [3.63, 3.8) is 0 Å². The minimum atomic E-state index is 0.124. The third-order valence-electron chi connectivity index (χ3n) is 3.83. The van der Waals surface area contributed by atoms with Crippen LogP contribution in [0.1, 0.15) is 17.6 Å². The van der Waals surface area contributed by atoms with Gasteiger partial charge in [0.2, 0.25) is 5.88 Å². The molecule has 1 fully saturated rings. The summed E-state index contributed by atoms with van der Waals surface area (Å²) in [4.78, 5) is 6.77. The van der Waals surface area contributed by atoms with Gasteiger partial charge in [-0.05, 0) is 14.0 Å². The normalized spacial score (nSPS) is 19.9. The molecule has 1 atom stereocenters. The van der Waals surface area contributed by atoms with Gasteiger partial charge >= 0.3 is 0 Å². The minimum absolute atomic E-state index is 0.124. The number of ether oxygens (including phenoxy) is 1. The van der Waals surface area contributed by atoms with E-state index in [-0.39, 0.29) is 6.04 Å². The first-order chi connectivity index (χ1) is 10.1. The number of nitrogens with zero attached hydrogens (tertiary/aromatic N) is 5. The predicted molar refractivity (Wildman–Crippen MR) is 76.0 cm³/mol. The smallest absolute Gasteiger partial charge is 0.265 e. The van der Waals surface area contributed by atoms with Crippen LogP contribution < -0.4 is 10.1 Å². The Bertz CT molecular complexity index is 635. The first-order valence-corrected chi connectivity index (χ1v) is 6.94. The van der Waals surface area contributed by atoms with E-state index in [2.05, 4.69) is 32.5 Å². The maximum Gasteiger partial charge on any atom is 0.265 e. The Hall–Kier alpha value is -1.93. The van der Waals surface area contributed by atoms with Crippen LogP contribution in [0, 0.1) is 6.92 Å². The number of likely N-dealkylation sites (N-methyl/N-ethyl adjacent to an activating group) is 1. The number of hydrogen-bond acceptors (Lipinski definition) is 7. The molecule has 0 aliphatic carbocycles. The summed E-state index contributed by atoms with van der Waals surface area (Å²) in [5, 5.41) is 11.8. The SMILES string of the molecule is COc1c(-c2nc(C3CNCCN3C)no2)c(C)nn1C. The molecule has 1 N–H and O–H groups in total. The van der Waals surface area contributed by atoms with Gasteiger partial charge in [-0.15, -0.1) is 0 Å². The largest absolute Gasteiger partial charge is 0.481 e. The predicted octanol–water partition coefficient (Wildman–Crippen LogP) is 0.363. The molecule has 21 heavy (non-hydrogen) atoms. The Morgan fingerprint density at radius 3 is 2.90 bits per heavy atom. The van der Waals surface area contributed by atoms with Crippen LogP contribution in [0.15, 0.2) is 4.52 Å². The Morgan fingerprint density at radius 1 is 1.38 bits per heavy atom. The first kappa shape index (κ1) is 14.0. The van der Waals surface area contributed by atoms with Crippen molar-refractivity contribution < 1.29 is 9.26 Å². The molecule has 3 rings (SSSR count). The lowest BCUT2D eigenvalue weighted by atomic mass is 10.2. The highest BCUT2D eigenvalue weighted by atomic mass is 16.5. The second-order valence-corrected chi connectivity index (χ2v) is 5.25. The average molecular weight is 292 g/mol. The summed E-state index contributed by atoms with van der Waals surface area (Å²) < 4.78 is 12.5. The van der Waals surface area contributed by atoms with E-state index in [0.29, 0.717) is 17.6 Å². The summed E-state index contributed by atoms with van der Waals surface area (Å²) in [7, 11) is 5.50. The van der Waals surface area contributed by atoms with Crippen molar-refractivity contribution in [2.75, 3.05) is 33.8 Å². The van der Waals surface area contributed by atoms with E-state index in [0.717, 1.165) is 30.9 Å². The highest BCUT2D eigenvalue weighted by molar-refractivity contribution is 5.63. The van der Waals surface area contributed by atoms with Gasteiger partial charge in [-0.2, -0.15) is 10.1 Å². The molecule has 0 aromatic carbocycles. The van der Waals surface area contributed by atoms with Crippen LogP contribution in [0.3, 0.4) is 0 Å². The summed E-state index contributed by atoms with van der Waals surface area (Å²) in [5.41, 5.74) is 1.56. The second-order valence-electron chi connectivity index (χ2n) is 5.25. The third-order valence-corrected chi connectivity index (χ3v) is 3.83. The molecule has 1 aliphatic heterocycles. The third kappa shape index (κ3) is 2.40. The fourth-order valence-corrected chi connectivity index (χ4v) is 2.68. The summed E-state index contributed by atoms with van der Waals surface area (Å²) in [6, 6.07) is 0.124. The van der Waals surface area contributed by atoms with Crippen LogP contribution in [-0.4, -0.2) is 58.6 Å². The number of nitrogens with one attached hydrogen (secondary N) is 1. The summed E-state index contributed by atoms with van der Waals surface area (Å²) in [6.07, 6.45) is 0. The number of methoxy groups -OCH3 is 1. The van der Waals surface area contributed by atoms with Crippen LogP contribution in [0.5, 0.6) is 5.88 Å². The van der Waals surface area contributed by atoms with Gasteiger partial charge in [0.05, 0.1) is 18.8 Å². The first-order valence-electron chi connectivity index (χ1n) is 6.94. The fourth-order valence-electron chi connectivity index (χ4n) is 2.68. The molecule has 2 aromatic heterocycles. The molecule has 1 aliphatic rings. The molecule has 8 nitrogen and oxygen atoms in total. The summed E-state index contributed by atoms with van der Waals surface area (Å²) in [5.74, 6) is 1.76. The molecule has 0 radical (unpaired) electrons. The van der Waals surface area contributed by atoms with Crippen molar-refractivity contribution in [2.45, 2.75) is 13.0 Å². The lowest BCUT2D eigenvalue weighted by molar-refractivity contribution is 0.190. The van der Waals surface area contributed by atoms with E-state index < -0.39 is 0 Å². The number of aryl methyl sites for hydroxylation is 2. The minimum Gasteiger partial charge on any atom is -0.481 e. The van der Waals surface area contributed by atoms with Gasteiger partial charge in [0.25, 0.3) is 5.89 Å². The number of piperazine rings is 1. The topological polar surface area (TPSA) is 81.2 Å². The number of hydrogen-bond donors (Lipinski definition) is 1. The van der Waals surface area contributed by atoms with E-state index in [9.17, 15) is 0 Å². The quantitative estimate of drug-likeness (QED) is 0.875. The highest BCUT2D eigenvalue weighted by Crippen LogP contribution is 2.32. The average Bonchev–Trinajstić information content (AvgIpc) is 3.03. The fraction of sp³-hybridized carbons (Fsp3) is 0.615. The Balaban J connectivity index is 1.95. The van der Waals surface area contributed by atoms with Crippen molar-refractivity contribution in [3.8, 4) is 17.3 Å². The van der Waals surface area contributed by atoms with Crippen LogP contribution in [-0.2, 0) is 7.05 Å². The van der Waals surface area contributed by atoms with Gasteiger partial charge in [-0.1, -0.05) is 5.16 Å². The van der Waals surface area contributed by atoms with Crippen molar-refractivity contribution in [3.05, 3.63) is 11.5 Å². The summed E-state index contributed by atoms with van der Waals surface area (Å²) >= 11 is 0. The van der Waals surface area contributed by atoms with Gasteiger partial charge < -0.3 is 14.6 Å². The van der Waals surface area contributed by atoms with Crippen molar-refractivity contribution in [1.82, 2.24) is 30.1 Å². The van der Waals surface area contributed by atoms with Gasteiger partial charge in [0, 0.05) is 26.7 Å². The van der Waals surface area contributed by atoms with Crippen molar-refractivity contribution in [2.24, 2.45) is 7.05 Å². The Kier molecular flexibility index (Phi) is 3.64. The molecule has 1 saturated heterocycles. The molecule has 0 spiro atoms. The number of aromatic nitrogens is 4. The zero-order chi connectivity index (χ0) is 15.0. The van der Waals surface area contributed by atoms with Crippen molar-refractivity contribution in [1.29, 1.82) is 0 Å². The molecular formula is C13H20N6O2. The van der Waals surface area contributed by atoms with E-state index in [1.165, 1.54) is 0 Å². The Morgan fingerprint density at radius 2 is 2.19 bits per heavy atom. The monoisotopic (exact) mass is 292 g/mol. The maximum absolute atomic E-state index is 5.44. The van der Waals surface area contributed by atoms with Gasteiger partial charge in [0.1, 0.15) is 5.56 Å². The van der Waals surface area contributed by atoms with Crippen molar-refractivity contribution >= 4 is 0 Å². The molecule has 8 heteroatoms. The maximum atomic E-state index is 5.44. The van der Waals surface area contributed by atoms with Gasteiger partial charge in [-0.3, -0.25) is 4.90 Å². The molecule has 2 aromatic rings. The van der Waals surface area contributed by atoms with Gasteiger partial charge in [0.15, 0.2) is 5.82 Å². The molecule has 1 unspecified atom stereocenters. The molecule has 3 heterocycles. The van der Waals surface area contributed by atoms with Gasteiger partial charge in [-0.25, -0.2) is 4.68 Å². The van der Waals surface area contributed by atoms with E-state index >= 15 is 0 Å².